The van der Waals surface area contributed by atoms with Crippen molar-refractivity contribution < 1.29 is 35.5 Å². The highest BCUT2D eigenvalue weighted by molar-refractivity contribution is 7.88. The molecule has 0 aliphatic carbocycles. The highest BCUT2D eigenvalue weighted by atomic mass is 35.5. The van der Waals surface area contributed by atoms with Gasteiger partial charge in [-0.25, -0.2) is 35.1 Å². The molecule has 7 nitrogen and oxygen atoms in total. The van der Waals surface area contributed by atoms with Crippen molar-refractivity contribution in [2.24, 2.45) is 10.9 Å². The number of amidine groups is 1. The molecule has 37 heavy (non-hydrogen) atoms. The van der Waals surface area contributed by atoms with Crippen molar-refractivity contribution >= 4 is 33.4 Å². The Balaban J connectivity index is 1.89. The summed E-state index contributed by atoms with van der Waals surface area (Å²) in [6, 6.07) is 3.12. The number of methoxy groups -OCH3 is 1. The van der Waals surface area contributed by atoms with Crippen molar-refractivity contribution in [1.82, 2.24) is 9.62 Å². The van der Waals surface area contributed by atoms with Crippen LogP contribution in [0.15, 0.2) is 46.6 Å². The first kappa shape index (κ1) is 27.1. The van der Waals surface area contributed by atoms with Crippen LogP contribution in [0.5, 0.6) is 0 Å². The number of esters is 1. The van der Waals surface area contributed by atoms with Crippen LogP contribution in [0, 0.1) is 29.2 Å². The molecule has 2 aliphatic heterocycles. The molecule has 198 valence electrons. The Hall–Kier alpha value is -2.96. The smallest absolute Gasteiger partial charge is 0.338 e. The number of rotatable bonds is 5. The summed E-state index contributed by atoms with van der Waals surface area (Å²) in [5.74, 6) is -5.88. The van der Waals surface area contributed by atoms with E-state index in [1.807, 2.05) is 0 Å². The first-order valence-electron chi connectivity index (χ1n) is 11.1. The summed E-state index contributed by atoms with van der Waals surface area (Å²) >= 11 is 6.28. The van der Waals surface area contributed by atoms with Crippen LogP contribution in [0.25, 0.3) is 0 Å². The van der Waals surface area contributed by atoms with Crippen molar-refractivity contribution in [3.63, 3.8) is 0 Å². The van der Waals surface area contributed by atoms with Gasteiger partial charge in [0.2, 0.25) is 10.0 Å². The van der Waals surface area contributed by atoms with Crippen molar-refractivity contribution in [1.29, 1.82) is 0 Å². The Kier molecular flexibility index (Phi) is 7.63. The minimum atomic E-state index is -3.45. The van der Waals surface area contributed by atoms with Crippen molar-refractivity contribution in [2.45, 2.75) is 18.9 Å². The van der Waals surface area contributed by atoms with Gasteiger partial charge in [0.05, 0.1) is 24.5 Å². The number of nitrogens with one attached hydrogen (secondary N) is 1. The van der Waals surface area contributed by atoms with Crippen molar-refractivity contribution in [3.8, 4) is 0 Å². The minimum Gasteiger partial charge on any atom is -0.466 e. The Morgan fingerprint density at radius 3 is 2.24 bits per heavy atom. The molecule has 2 aromatic carbocycles. The summed E-state index contributed by atoms with van der Waals surface area (Å²) < 4.78 is 87.2. The number of piperidine rings is 1. The van der Waals surface area contributed by atoms with Gasteiger partial charge in [-0.05, 0) is 25.0 Å². The monoisotopic (exact) mass is 559 g/mol. The third kappa shape index (κ3) is 5.51. The van der Waals surface area contributed by atoms with Crippen LogP contribution in [0.1, 0.15) is 30.0 Å². The first-order chi connectivity index (χ1) is 17.4. The molecular formula is C24H22ClF4N3O4S. The maximum absolute atomic E-state index is 14.8. The second kappa shape index (κ2) is 10.4. The van der Waals surface area contributed by atoms with Gasteiger partial charge in [0, 0.05) is 47.4 Å². The minimum absolute atomic E-state index is 0.0273. The van der Waals surface area contributed by atoms with E-state index in [2.05, 4.69) is 10.3 Å². The van der Waals surface area contributed by atoms with Crippen molar-refractivity contribution in [3.05, 3.63) is 81.0 Å². The predicted octanol–water partition coefficient (Wildman–Crippen LogP) is 4.09. The van der Waals surface area contributed by atoms with E-state index < -0.39 is 56.8 Å². The van der Waals surface area contributed by atoms with Gasteiger partial charge in [0.25, 0.3) is 0 Å². The molecule has 1 unspecified atom stereocenters. The summed E-state index contributed by atoms with van der Waals surface area (Å²) in [5.41, 5.74) is -0.324. The van der Waals surface area contributed by atoms with Crippen LogP contribution in [0.2, 0.25) is 5.02 Å². The average molecular weight is 560 g/mol. The SMILES string of the molecule is COC(=O)C1=C(C2CCN(S(C)(=O)=O)CC2)NC(c2c(F)cc(F)cc2F)=NC1c1ccc(F)cc1Cl. The maximum Gasteiger partial charge on any atom is 0.338 e. The van der Waals surface area contributed by atoms with Gasteiger partial charge in [-0.15, -0.1) is 0 Å². The number of allylic oxidation sites excluding steroid dienone is 1. The molecule has 2 aromatic rings. The van der Waals surface area contributed by atoms with E-state index >= 15 is 0 Å². The maximum atomic E-state index is 14.8. The van der Waals surface area contributed by atoms with Gasteiger partial charge < -0.3 is 10.1 Å². The van der Waals surface area contributed by atoms with Gasteiger partial charge >= 0.3 is 5.97 Å². The number of sulfonamides is 1. The lowest BCUT2D eigenvalue weighted by Crippen LogP contribution is -2.43. The molecule has 0 radical (unpaired) electrons. The zero-order valence-corrected chi connectivity index (χ0v) is 21.3. The molecule has 2 heterocycles. The van der Waals surface area contributed by atoms with E-state index in [4.69, 9.17) is 16.3 Å². The molecule has 1 atom stereocenters. The molecule has 13 heteroatoms. The van der Waals surface area contributed by atoms with Crippen LogP contribution in [-0.4, -0.2) is 51.0 Å². The van der Waals surface area contributed by atoms with Crippen LogP contribution < -0.4 is 5.32 Å². The van der Waals surface area contributed by atoms with Crippen LogP contribution in [0.3, 0.4) is 0 Å². The lowest BCUT2D eigenvalue weighted by atomic mass is 9.86. The van der Waals surface area contributed by atoms with Crippen LogP contribution in [0.4, 0.5) is 17.6 Å². The third-order valence-electron chi connectivity index (χ3n) is 6.31. The number of carbonyl (C=O) groups excluding carboxylic acids is 1. The molecule has 1 saturated heterocycles. The number of carbonyl (C=O) groups is 1. The van der Waals surface area contributed by atoms with Gasteiger partial charge in [-0.2, -0.15) is 0 Å². The number of ether oxygens (including phenoxy) is 1. The summed E-state index contributed by atoms with van der Waals surface area (Å²) in [5, 5.41) is 2.74. The van der Waals surface area contributed by atoms with Crippen LogP contribution in [-0.2, 0) is 19.6 Å². The van der Waals surface area contributed by atoms with E-state index in [1.165, 1.54) is 10.4 Å². The fraction of sp³-hybridized carbons (Fsp3) is 0.333. The quantitative estimate of drug-likeness (QED) is 0.440. The Morgan fingerprint density at radius 1 is 1.08 bits per heavy atom. The number of hydrogen-bond donors (Lipinski definition) is 1. The number of halogens is 5. The van der Waals surface area contributed by atoms with Crippen molar-refractivity contribution in [2.75, 3.05) is 26.5 Å². The molecule has 0 amide bonds. The number of aliphatic imine (C=N–C) groups is 1. The third-order valence-corrected chi connectivity index (χ3v) is 7.94. The summed E-state index contributed by atoms with van der Waals surface area (Å²) in [4.78, 5) is 17.4. The zero-order chi connectivity index (χ0) is 27.1. The molecule has 0 saturated carbocycles. The number of hydrogen-bond acceptors (Lipinski definition) is 6. The zero-order valence-electron chi connectivity index (χ0n) is 19.7. The molecule has 4 rings (SSSR count). The van der Waals surface area contributed by atoms with Crippen LogP contribution >= 0.6 is 11.6 Å². The lowest BCUT2D eigenvalue weighted by molar-refractivity contribution is -0.136. The second-order valence-electron chi connectivity index (χ2n) is 8.67. The van der Waals surface area contributed by atoms with Gasteiger partial charge in [0.1, 0.15) is 35.1 Å². The molecular weight excluding hydrogens is 538 g/mol. The fourth-order valence-corrected chi connectivity index (χ4v) is 5.69. The molecule has 1 fully saturated rings. The number of benzene rings is 2. The van der Waals surface area contributed by atoms with Gasteiger partial charge in [0.15, 0.2) is 0 Å². The highest BCUT2D eigenvalue weighted by Crippen LogP contribution is 2.40. The average Bonchev–Trinajstić information content (AvgIpc) is 2.82. The largest absolute Gasteiger partial charge is 0.466 e. The topological polar surface area (TPSA) is 88.1 Å². The Labute approximate surface area is 215 Å². The number of nitrogens with zero attached hydrogens (tertiary/aromatic N) is 2. The van der Waals surface area contributed by atoms with E-state index in [1.54, 1.807) is 0 Å². The van der Waals surface area contributed by atoms with Gasteiger partial charge in [-0.3, -0.25) is 4.99 Å². The summed E-state index contributed by atoms with van der Waals surface area (Å²) in [6.45, 7) is 0.272. The summed E-state index contributed by atoms with van der Waals surface area (Å²) in [6.07, 6.45) is 1.62. The van der Waals surface area contributed by atoms with E-state index in [9.17, 15) is 30.8 Å². The molecule has 0 spiro atoms. The predicted molar refractivity (Wildman–Crippen MR) is 128 cm³/mol. The Morgan fingerprint density at radius 2 is 1.70 bits per heavy atom. The standard InChI is InChI=1S/C24H22ClF4N3O4S/c1-36-24(33)20-21(12-5-7-32(8-6-12)37(2,34)35)30-23(19-17(28)10-14(27)11-18(19)29)31-22(20)15-4-3-13(26)9-16(15)25/h3-4,9-12,22H,5-8H2,1-2H3,(H,30,31). The molecule has 0 bridgehead atoms. The molecule has 0 aromatic heterocycles. The lowest BCUT2D eigenvalue weighted by Gasteiger charge is -2.36. The van der Waals surface area contributed by atoms with E-state index in [0.717, 1.165) is 25.5 Å². The van der Waals surface area contributed by atoms with E-state index in [-0.39, 0.29) is 53.6 Å². The summed E-state index contributed by atoms with van der Waals surface area (Å²) in [7, 11) is -2.31. The fourth-order valence-electron chi connectivity index (χ4n) is 4.54. The van der Waals surface area contributed by atoms with Gasteiger partial charge in [-0.1, -0.05) is 17.7 Å². The molecule has 2 aliphatic rings. The normalized spacial score (nSPS) is 19.4. The molecule has 1 N–H and O–H groups in total. The van der Waals surface area contributed by atoms with E-state index in [0.29, 0.717) is 12.1 Å². The first-order valence-corrected chi connectivity index (χ1v) is 13.4. The second-order valence-corrected chi connectivity index (χ2v) is 11.1. The highest BCUT2D eigenvalue weighted by Gasteiger charge is 2.38. The Bertz CT molecular complexity index is 1400.